The molecule has 1 N–H and O–H groups in total. The topological polar surface area (TPSA) is 23.5 Å². The van der Waals surface area contributed by atoms with Crippen LogP contribution in [0.2, 0.25) is 0 Å². The van der Waals surface area contributed by atoms with Gasteiger partial charge in [0, 0.05) is 23.4 Å². The highest BCUT2D eigenvalue weighted by Crippen LogP contribution is 2.27. The van der Waals surface area contributed by atoms with Crippen molar-refractivity contribution >= 4 is 32.3 Å². The van der Waals surface area contributed by atoms with Gasteiger partial charge in [-0.25, -0.2) is 0 Å². The van der Waals surface area contributed by atoms with E-state index in [-0.39, 0.29) is 0 Å². The number of hydrogen-bond donors (Lipinski definition) is 1. The van der Waals surface area contributed by atoms with Crippen molar-refractivity contribution in [1.82, 2.24) is 0 Å². The molecule has 0 saturated heterocycles. The fourth-order valence-corrected chi connectivity index (χ4v) is 2.55. The second-order valence-corrected chi connectivity index (χ2v) is 5.58. The molecule has 1 rings (SSSR count). The van der Waals surface area contributed by atoms with Crippen LogP contribution in [0.1, 0.15) is 13.8 Å². The first-order chi connectivity index (χ1) is 5.88. The van der Waals surface area contributed by atoms with E-state index in [1.54, 1.807) is 11.3 Å². The largest absolute Gasteiger partial charge is 0.389 e. The van der Waals surface area contributed by atoms with E-state index < -0.39 is 5.60 Å². The quantitative estimate of drug-likeness (QED) is 0.907. The molecule has 0 aliphatic rings. The predicted octanol–water partition coefficient (Wildman–Crippen LogP) is 2.72. The average Bonchev–Trinajstić information content (AvgIpc) is 2.31. The van der Waals surface area contributed by atoms with Crippen LogP contribution >= 0.6 is 27.3 Å². The number of halogens is 1. The summed E-state index contributed by atoms with van der Waals surface area (Å²) in [4.78, 5) is 2.05. The summed E-state index contributed by atoms with van der Waals surface area (Å²) in [5.74, 6) is 0. The van der Waals surface area contributed by atoms with Gasteiger partial charge in [0.1, 0.15) is 0 Å². The van der Waals surface area contributed by atoms with Gasteiger partial charge >= 0.3 is 0 Å². The zero-order valence-corrected chi connectivity index (χ0v) is 10.4. The van der Waals surface area contributed by atoms with Crippen molar-refractivity contribution in [2.24, 2.45) is 0 Å². The lowest BCUT2D eigenvalue weighted by molar-refractivity contribution is 0.0887. The molecule has 0 saturated carbocycles. The molecule has 0 aliphatic carbocycles. The van der Waals surface area contributed by atoms with Crippen molar-refractivity contribution in [2.75, 3.05) is 18.5 Å². The molecule has 13 heavy (non-hydrogen) atoms. The maximum absolute atomic E-state index is 9.61. The number of hydrogen-bond acceptors (Lipinski definition) is 3. The lowest BCUT2D eigenvalue weighted by Gasteiger charge is -2.25. The molecule has 0 aromatic carbocycles. The minimum Gasteiger partial charge on any atom is -0.389 e. The number of anilines is 1. The summed E-state index contributed by atoms with van der Waals surface area (Å²) in [6.45, 7) is 4.26. The van der Waals surface area contributed by atoms with Crippen LogP contribution in [-0.4, -0.2) is 24.3 Å². The van der Waals surface area contributed by atoms with E-state index in [0.29, 0.717) is 6.54 Å². The third-order valence-electron chi connectivity index (χ3n) is 1.55. The van der Waals surface area contributed by atoms with E-state index in [0.717, 1.165) is 9.47 Å². The van der Waals surface area contributed by atoms with E-state index in [1.165, 1.54) is 0 Å². The zero-order valence-electron chi connectivity index (χ0n) is 8.04. The van der Waals surface area contributed by atoms with Crippen LogP contribution in [0.25, 0.3) is 0 Å². The molecule has 74 valence electrons. The SMILES string of the molecule is CN(CC(C)(C)O)c1cc(Br)cs1. The van der Waals surface area contributed by atoms with Crippen LogP contribution in [0.5, 0.6) is 0 Å². The molecular formula is C9H14BrNOS. The maximum atomic E-state index is 9.61. The molecular weight excluding hydrogens is 250 g/mol. The fourth-order valence-electron chi connectivity index (χ4n) is 1.16. The standard InChI is InChI=1S/C9H14BrNOS/c1-9(2,12)6-11(3)8-4-7(10)5-13-8/h4-5,12H,6H2,1-3H3. The van der Waals surface area contributed by atoms with E-state index in [4.69, 9.17) is 0 Å². The van der Waals surface area contributed by atoms with Gasteiger partial charge in [-0.2, -0.15) is 0 Å². The van der Waals surface area contributed by atoms with Crippen molar-refractivity contribution in [3.63, 3.8) is 0 Å². The second kappa shape index (κ2) is 3.98. The Morgan fingerprint density at radius 1 is 1.62 bits per heavy atom. The summed E-state index contributed by atoms with van der Waals surface area (Å²) < 4.78 is 1.09. The highest BCUT2D eigenvalue weighted by atomic mass is 79.9. The van der Waals surface area contributed by atoms with E-state index in [2.05, 4.69) is 26.9 Å². The summed E-state index contributed by atoms with van der Waals surface area (Å²) in [7, 11) is 1.98. The summed E-state index contributed by atoms with van der Waals surface area (Å²) in [5, 5.41) is 12.8. The Bertz CT molecular complexity index is 279. The first-order valence-corrected chi connectivity index (χ1v) is 5.73. The molecule has 0 atom stereocenters. The molecule has 0 aliphatic heterocycles. The summed E-state index contributed by atoms with van der Waals surface area (Å²) in [6, 6.07) is 2.05. The van der Waals surface area contributed by atoms with E-state index >= 15 is 0 Å². The third-order valence-corrected chi connectivity index (χ3v) is 3.36. The van der Waals surface area contributed by atoms with E-state index in [9.17, 15) is 5.11 Å². The first-order valence-electron chi connectivity index (χ1n) is 4.06. The number of thiophene rings is 1. The number of nitrogens with zero attached hydrogens (tertiary/aromatic N) is 1. The van der Waals surface area contributed by atoms with Crippen molar-refractivity contribution in [1.29, 1.82) is 0 Å². The van der Waals surface area contributed by atoms with Crippen molar-refractivity contribution in [3.05, 3.63) is 15.9 Å². The summed E-state index contributed by atoms with van der Waals surface area (Å²) in [6.07, 6.45) is 0. The number of aliphatic hydroxyl groups is 1. The fraction of sp³-hybridized carbons (Fsp3) is 0.556. The number of likely N-dealkylation sites (N-methyl/N-ethyl adjacent to an activating group) is 1. The lowest BCUT2D eigenvalue weighted by atomic mass is 10.1. The predicted molar refractivity (Wildman–Crippen MR) is 61.6 cm³/mol. The minimum atomic E-state index is -0.648. The van der Waals surface area contributed by atoms with E-state index in [1.807, 2.05) is 26.3 Å². The van der Waals surface area contributed by atoms with Crippen LogP contribution in [0.4, 0.5) is 5.00 Å². The summed E-state index contributed by atoms with van der Waals surface area (Å²) >= 11 is 5.07. The Kier molecular flexibility index (Phi) is 3.38. The smallest absolute Gasteiger partial charge is 0.0918 e. The molecule has 4 heteroatoms. The van der Waals surface area contributed by atoms with Crippen LogP contribution in [0.15, 0.2) is 15.9 Å². The molecule has 0 bridgehead atoms. The molecule has 1 aromatic heterocycles. The van der Waals surface area contributed by atoms with Gasteiger partial charge in [-0.3, -0.25) is 0 Å². The van der Waals surface area contributed by atoms with Crippen molar-refractivity contribution in [2.45, 2.75) is 19.4 Å². The molecule has 0 unspecified atom stereocenters. The van der Waals surface area contributed by atoms with Crippen LogP contribution in [-0.2, 0) is 0 Å². The number of rotatable bonds is 3. The van der Waals surface area contributed by atoms with Gasteiger partial charge in [-0.05, 0) is 35.8 Å². The Hall–Kier alpha value is -0.0600. The monoisotopic (exact) mass is 263 g/mol. The van der Waals surface area contributed by atoms with Crippen molar-refractivity contribution in [3.8, 4) is 0 Å². The van der Waals surface area contributed by atoms with Crippen LogP contribution in [0.3, 0.4) is 0 Å². The molecule has 0 fully saturated rings. The molecule has 0 amide bonds. The molecule has 1 heterocycles. The Morgan fingerprint density at radius 3 is 2.62 bits per heavy atom. The Morgan fingerprint density at radius 2 is 2.23 bits per heavy atom. The Balaban J connectivity index is 2.64. The minimum absolute atomic E-state index is 0.639. The van der Waals surface area contributed by atoms with Crippen LogP contribution < -0.4 is 4.90 Å². The van der Waals surface area contributed by atoms with Gasteiger partial charge in [0.15, 0.2) is 0 Å². The maximum Gasteiger partial charge on any atom is 0.0918 e. The third kappa shape index (κ3) is 3.67. The zero-order chi connectivity index (χ0) is 10.1. The second-order valence-electron chi connectivity index (χ2n) is 3.77. The van der Waals surface area contributed by atoms with Gasteiger partial charge in [-0.15, -0.1) is 11.3 Å². The molecule has 1 aromatic rings. The van der Waals surface area contributed by atoms with Crippen LogP contribution in [0, 0.1) is 0 Å². The lowest BCUT2D eigenvalue weighted by Crippen LogP contribution is -2.35. The first kappa shape index (κ1) is 11.0. The highest BCUT2D eigenvalue weighted by molar-refractivity contribution is 9.10. The van der Waals surface area contributed by atoms with Gasteiger partial charge < -0.3 is 10.0 Å². The summed E-state index contributed by atoms with van der Waals surface area (Å²) in [5.41, 5.74) is -0.648. The molecule has 0 spiro atoms. The van der Waals surface area contributed by atoms with Crippen molar-refractivity contribution < 1.29 is 5.11 Å². The molecule has 2 nitrogen and oxygen atoms in total. The molecule has 0 radical (unpaired) electrons. The van der Waals surface area contributed by atoms with Gasteiger partial charge in [0.05, 0.1) is 10.6 Å². The highest BCUT2D eigenvalue weighted by Gasteiger charge is 2.16. The van der Waals surface area contributed by atoms with Gasteiger partial charge in [-0.1, -0.05) is 0 Å². The average molecular weight is 264 g/mol. The van der Waals surface area contributed by atoms with Gasteiger partial charge in [0.25, 0.3) is 0 Å². The van der Waals surface area contributed by atoms with Gasteiger partial charge in [0.2, 0.25) is 0 Å². The Labute approximate surface area is 91.3 Å². The normalized spacial score (nSPS) is 11.8.